The van der Waals surface area contributed by atoms with Gasteiger partial charge in [-0.2, -0.15) is 4.31 Å². The number of nitro benzene ring substituents is 1. The highest BCUT2D eigenvalue weighted by molar-refractivity contribution is 7.89. The molecule has 9 heteroatoms. The third kappa shape index (κ3) is 5.15. The van der Waals surface area contributed by atoms with Gasteiger partial charge < -0.3 is 4.57 Å². The first-order chi connectivity index (χ1) is 14.6. The Labute approximate surface area is 187 Å². The van der Waals surface area contributed by atoms with Crippen molar-refractivity contribution < 1.29 is 13.3 Å². The minimum Gasteiger partial charge on any atom is -0.346 e. The highest BCUT2D eigenvalue weighted by atomic mass is 35.5. The summed E-state index contributed by atoms with van der Waals surface area (Å²) in [6, 6.07) is 15.1. The number of hydrogen-bond acceptors (Lipinski definition) is 4. The highest BCUT2D eigenvalue weighted by Gasteiger charge is 2.30. The van der Waals surface area contributed by atoms with Crippen molar-refractivity contribution in [2.45, 2.75) is 44.8 Å². The zero-order valence-electron chi connectivity index (χ0n) is 17.5. The molecule has 0 aliphatic rings. The van der Waals surface area contributed by atoms with Crippen molar-refractivity contribution in [2.24, 2.45) is 0 Å². The van der Waals surface area contributed by atoms with E-state index in [0.717, 1.165) is 17.3 Å². The van der Waals surface area contributed by atoms with Gasteiger partial charge >= 0.3 is 0 Å². The van der Waals surface area contributed by atoms with Crippen molar-refractivity contribution in [3.05, 3.63) is 92.8 Å². The Morgan fingerprint density at radius 3 is 2.42 bits per heavy atom. The fraction of sp³-hybridized carbons (Fsp3) is 0.273. The molecule has 3 rings (SSSR count). The van der Waals surface area contributed by atoms with Gasteiger partial charge in [-0.15, -0.1) is 0 Å². The number of benzene rings is 2. The lowest BCUT2D eigenvalue weighted by Crippen LogP contribution is -2.37. The number of nitrogens with zero attached hydrogens (tertiary/aromatic N) is 3. The summed E-state index contributed by atoms with van der Waals surface area (Å²) in [6.45, 7) is 6.32. The molecule has 31 heavy (non-hydrogen) atoms. The van der Waals surface area contributed by atoms with Gasteiger partial charge in [0.15, 0.2) is 0 Å². The second kappa shape index (κ2) is 9.21. The molecule has 0 spiro atoms. The molecule has 0 fully saturated rings. The molecule has 0 aliphatic heterocycles. The molecule has 0 N–H and O–H groups in total. The number of nitro groups is 1. The van der Waals surface area contributed by atoms with Crippen LogP contribution in [0.2, 0.25) is 5.02 Å². The first kappa shape index (κ1) is 23.0. The van der Waals surface area contributed by atoms with E-state index in [-0.39, 0.29) is 22.5 Å². The van der Waals surface area contributed by atoms with Crippen molar-refractivity contribution in [1.29, 1.82) is 0 Å². The van der Waals surface area contributed by atoms with Crippen LogP contribution in [-0.2, 0) is 23.1 Å². The number of aryl methyl sites for hydroxylation is 1. The smallest absolute Gasteiger partial charge is 0.289 e. The van der Waals surface area contributed by atoms with E-state index in [4.69, 9.17) is 11.6 Å². The second-order valence-corrected chi connectivity index (χ2v) is 9.93. The fourth-order valence-electron chi connectivity index (χ4n) is 3.27. The quantitative estimate of drug-likeness (QED) is 0.348. The van der Waals surface area contributed by atoms with E-state index in [1.165, 1.54) is 22.0 Å². The molecule has 7 nitrogen and oxygen atoms in total. The Bertz CT molecular complexity index is 1190. The molecular weight excluding hydrogens is 438 g/mol. The van der Waals surface area contributed by atoms with E-state index in [9.17, 15) is 18.5 Å². The first-order valence-electron chi connectivity index (χ1n) is 9.75. The SMILES string of the molecule is Cc1ccc(Cn2cccc2CN(C(C)C)S(=O)(=O)c2ccc(Cl)c([N+](=O)[O-])c2)cc1. The topological polar surface area (TPSA) is 85.5 Å². The molecule has 0 bridgehead atoms. The van der Waals surface area contributed by atoms with E-state index >= 15 is 0 Å². The van der Waals surface area contributed by atoms with E-state index < -0.39 is 20.6 Å². The van der Waals surface area contributed by atoms with Crippen LogP contribution in [0, 0.1) is 17.0 Å². The van der Waals surface area contributed by atoms with Crippen LogP contribution in [0.3, 0.4) is 0 Å². The average molecular weight is 462 g/mol. The van der Waals surface area contributed by atoms with Crippen molar-refractivity contribution >= 4 is 27.3 Å². The van der Waals surface area contributed by atoms with Crippen LogP contribution >= 0.6 is 11.6 Å². The van der Waals surface area contributed by atoms with Gasteiger partial charge in [0.05, 0.1) is 16.4 Å². The summed E-state index contributed by atoms with van der Waals surface area (Å²) in [5.41, 5.74) is 2.66. The van der Waals surface area contributed by atoms with Gasteiger partial charge in [-0.05, 0) is 50.6 Å². The Kier molecular flexibility index (Phi) is 6.83. The largest absolute Gasteiger partial charge is 0.346 e. The minimum absolute atomic E-state index is 0.105. The third-order valence-electron chi connectivity index (χ3n) is 5.01. The van der Waals surface area contributed by atoms with Gasteiger partial charge in [0.2, 0.25) is 10.0 Å². The predicted molar refractivity (Wildman–Crippen MR) is 121 cm³/mol. The minimum atomic E-state index is -3.99. The molecular formula is C22H24ClN3O4S. The van der Waals surface area contributed by atoms with Crippen molar-refractivity contribution in [1.82, 2.24) is 8.87 Å². The lowest BCUT2D eigenvalue weighted by atomic mass is 10.1. The Balaban J connectivity index is 1.92. The summed E-state index contributed by atoms with van der Waals surface area (Å²) in [6.07, 6.45) is 1.91. The van der Waals surface area contributed by atoms with Crippen LogP contribution < -0.4 is 0 Å². The van der Waals surface area contributed by atoms with Gasteiger partial charge in [-0.3, -0.25) is 10.1 Å². The molecule has 0 saturated heterocycles. The van der Waals surface area contributed by atoms with Crippen molar-refractivity contribution in [3.8, 4) is 0 Å². The van der Waals surface area contributed by atoms with Crippen LogP contribution in [0.1, 0.15) is 30.7 Å². The lowest BCUT2D eigenvalue weighted by molar-refractivity contribution is -0.384. The summed E-state index contributed by atoms with van der Waals surface area (Å²) >= 11 is 5.85. The number of hydrogen-bond donors (Lipinski definition) is 0. The van der Waals surface area contributed by atoms with Gasteiger partial charge in [0, 0.05) is 30.5 Å². The molecule has 0 radical (unpaired) electrons. The molecule has 1 aromatic heterocycles. The van der Waals surface area contributed by atoms with Crippen LogP contribution in [0.4, 0.5) is 5.69 Å². The highest BCUT2D eigenvalue weighted by Crippen LogP contribution is 2.30. The van der Waals surface area contributed by atoms with Crippen LogP contribution in [0.5, 0.6) is 0 Å². The Hall–Kier alpha value is -2.68. The zero-order valence-corrected chi connectivity index (χ0v) is 19.1. The predicted octanol–water partition coefficient (Wildman–Crippen LogP) is 5.01. The lowest BCUT2D eigenvalue weighted by Gasteiger charge is -2.26. The maximum atomic E-state index is 13.3. The molecule has 0 saturated carbocycles. The van der Waals surface area contributed by atoms with E-state index in [0.29, 0.717) is 6.54 Å². The second-order valence-electron chi connectivity index (χ2n) is 7.63. The third-order valence-corrected chi connectivity index (χ3v) is 7.35. The number of aromatic nitrogens is 1. The standard InChI is InChI=1S/C22H24ClN3O4S/c1-16(2)25(31(29,30)20-10-11-21(23)22(13-20)26(27)28)15-19-5-4-12-24(19)14-18-8-6-17(3)7-9-18/h4-13,16H,14-15H2,1-3H3. The fourth-order valence-corrected chi connectivity index (χ4v) is 5.09. The van der Waals surface area contributed by atoms with Crippen molar-refractivity contribution in [2.75, 3.05) is 0 Å². The molecule has 0 unspecified atom stereocenters. The molecule has 2 aromatic carbocycles. The first-order valence-corrected chi connectivity index (χ1v) is 11.6. The summed E-state index contributed by atoms with van der Waals surface area (Å²) in [7, 11) is -3.99. The Morgan fingerprint density at radius 2 is 1.81 bits per heavy atom. The maximum Gasteiger partial charge on any atom is 0.289 e. The molecule has 0 aliphatic carbocycles. The van der Waals surface area contributed by atoms with Gasteiger partial charge in [0.25, 0.3) is 5.69 Å². The summed E-state index contributed by atoms with van der Waals surface area (Å²) in [5.74, 6) is 0. The average Bonchev–Trinajstić information content (AvgIpc) is 3.14. The van der Waals surface area contributed by atoms with Crippen molar-refractivity contribution in [3.63, 3.8) is 0 Å². The maximum absolute atomic E-state index is 13.3. The summed E-state index contributed by atoms with van der Waals surface area (Å²) < 4.78 is 30.0. The number of halogens is 1. The zero-order chi connectivity index (χ0) is 22.8. The van der Waals surface area contributed by atoms with Crippen LogP contribution in [0.25, 0.3) is 0 Å². The Morgan fingerprint density at radius 1 is 1.13 bits per heavy atom. The van der Waals surface area contributed by atoms with Crippen LogP contribution in [0.15, 0.2) is 65.7 Å². The van der Waals surface area contributed by atoms with E-state index in [1.54, 1.807) is 13.8 Å². The van der Waals surface area contributed by atoms with Gasteiger partial charge in [-0.1, -0.05) is 41.4 Å². The number of sulfonamides is 1. The number of rotatable bonds is 8. The monoisotopic (exact) mass is 461 g/mol. The molecule has 3 aromatic rings. The van der Waals surface area contributed by atoms with E-state index in [2.05, 4.69) is 0 Å². The molecule has 1 heterocycles. The van der Waals surface area contributed by atoms with Crippen LogP contribution in [-0.4, -0.2) is 28.3 Å². The van der Waals surface area contributed by atoms with E-state index in [1.807, 2.05) is 54.1 Å². The normalized spacial score (nSPS) is 11.9. The molecule has 0 atom stereocenters. The van der Waals surface area contributed by atoms with Gasteiger partial charge in [0.1, 0.15) is 5.02 Å². The summed E-state index contributed by atoms with van der Waals surface area (Å²) in [4.78, 5) is 10.4. The molecule has 164 valence electrons. The van der Waals surface area contributed by atoms with Gasteiger partial charge in [-0.25, -0.2) is 8.42 Å². The summed E-state index contributed by atoms with van der Waals surface area (Å²) in [5, 5.41) is 11.1. The molecule has 0 amide bonds.